The normalized spacial score (nSPS) is 14.6. The summed E-state index contributed by atoms with van der Waals surface area (Å²) in [5.74, 6) is -0.444. The number of thioether (sulfide) groups is 2. The molecular weight excluding hydrogens is 414 g/mol. The number of carbonyl (C=O) groups is 2. The molecule has 1 heterocycles. The molecule has 0 aromatic heterocycles. The third-order valence-corrected chi connectivity index (χ3v) is 5.82. The summed E-state index contributed by atoms with van der Waals surface area (Å²) in [5, 5.41) is 13.5. The molecule has 0 aliphatic carbocycles. The summed E-state index contributed by atoms with van der Waals surface area (Å²) >= 11 is 2.32. The van der Waals surface area contributed by atoms with Crippen LogP contribution in [-0.4, -0.2) is 34.0 Å². The van der Waals surface area contributed by atoms with Crippen molar-refractivity contribution in [2.24, 2.45) is 4.99 Å². The Hall–Kier alpha value is -3.11. The molecule has 2 aromatic carbocycles. The standard InChI is InChI=1S/C19H15N3O5S2/c1-27-15-8-7-13(22(25)26)10-14(15)20-17(23)11-28-19-21-18(24)16(29-19)9-12-5-3-2-4-6-12/h2-10H,11H2,1H3,(H,20,23)/b16-9+. The summed E-state index contributed by atoms with van der Waals surface area (Å²) in [6, 6.07) is 13.3. The zero-order valence-corrected chi connectivity index (χ0v) is 16.8. The van der Waals surface area contributed by atoms with E-state index in [1.165, 1.54) is 37.1 Å². The molecule has 1 N–H and O–H groups in total. The molecule has 1 aliphatic heterocycles. The van der Waals surface area contributed by atoms with Crippen molar-refractivity contribution >= 4 is 57.2 Å². The number of aliphatic imine (C=N–C) groups is 1. The van der Waals surface area contributed by atoms with E-state index in [0.29, 0.717) is 15.0 Å². The highest BCUT2D eigenvalue weighted by Gasteiger charge is 2.23. The van der Waals surface area contributed by atoms with Crippen LogP contribution in [0.3, 0.4) is 0 Å². The molecule has 0 unspecified atom stereocenters. The molecule has 0 fully saturated rings. The van der Waals surface area contributed by atoms with Gasteiger partial charge in [0.15, 0.2) is 0 Å². The maximum atomic E-state index is 12.3. The number of non-ortho nitro benzene ring substituents is 1. The summed E-state index contributed by atoms with van der Waals surface area (Å²) in [6.07, 6.45) is 1.75. The van der Waals surface area contributed by atoms with E-state index in [9.17, 15) is 19.7 Å². The first-order valence-corrected chi connectivity index (χ1v) is 10.1. The lowest BCUT2D eigenvalue weighted by atomic mass is 10.2. The number of benzene rings is 2. The second-order valence-corrected chi connectivity index (χ2v) is 7.94. The summed E-state index contributed by atoms with van der Waals surface area (Å²) < 4.78 is 5.59. The van der Waals surface area contributed by atoms with Crippen LogP contribution in [0, 0.1) is 10.1 Å². The molecule has 10 heteroatoms. The van der Waals surface area contributed by atoms with Crippen molar-refractivity contribution in [2.75, 3.05) is 18.2 Å². The molecule has 2 aromatic rings. The van der Waals surface area contributed by atoms with E-state index in [2.05, 4.69) is 10.3 Å². The number of ether oxygens (including phenoxy) is 1. The van der Waals surface area contributed by atoms with Crippen molar-refractivity contribution in [1.29, 1.82) is 0 Å². The molecule has 0 spiro atoms. The molecule has 29 heavy (non-hydrogen) atoms. The van der Waals surface area contributed by atoms with Gasteiger partial charge in [-0.05, 0) is 17.7 Å². The van der Waals surface area contributed by atoms with Gasteiger partial charge in [-0.25, -0.2) is 0 Å². The van der Waals surface area contributed by atoms with Gasteiger partial charge in [-0.15, -0.1) is 0 Å². The van der Waals surface area contributed by atoms with Gasteiger partial charge >= 0.3 is 0 Å². The smallest absolute Gasteiger partial charge is 0.285 e. The summed E-state index contributed by atoms with van der Waals surface area (Å²) in [4.78, 5) is 39.1. The number of nitrogens with one attached hydrogen (secondary N) is 1. The molecular formula is C19H15N3O5S2. The Morgan fingerprint density at radius 3 is 2.76 bits per heavy atom. The average Bonchev–Trinajstić information content (AvgIpc) is 3.06. The minimum Gasteiger partial charge on any atom is -0.495 e. The van der Waals surface area contributed by atoms with E-state index in [1.807, 2.05) is 30.3 Å². The van der Waals surface area contributed by atoms with Crippen LogP contribution < -0.4 is 10.1 Å². The van der Waals surface area contributed by atoms with Gasteiger partial charge in [0.1, 0.15) is 10.1 Å². The first kappa shape index (κ1) is 20.6. The van der Waals surface area contributed by atoms with E-state index >= 15 is 0 Å². The van der Waals surface area contributed by atoms with Gasteiger partial charge in [-0.3, -0.25) is 19.7 Å². The summed E-state index contributed by atoms with van der Waals surface area (Å²) in [5.41, 5.74) is 0.931. The molecule has 148 valence electrons. The lowest BCUT2D eigenvalue weighted by molar-refractivity contribution is -0.384. The van der Waals surface area contributed by atoms with E-state index < -0.39 is 10.8 Å². The minimum absolute atomic E-state index is 0.0103. The van der Waals surface area contributed by atoms with E-state index in [-0.39, 0.29) is 23.0 Å². The van der Waals surface area contributed by atoms with Crippen molar-refractivity contribution in [3.8, 4) is 5.75 Å². The molecule has 0 saturated heterocycles. The highest BCUT2D eigenvalue weighted by atomic mass is 32.2. The third kappa shape index (κ3) is 5.46. The van der Waals surface area contributed by atoms with Gasteiger partial charge in [0.2, 0.25) is 5.91 Å². The van der Waals surface area contributed by atoms with Crippen LogP contribution in [-0.2, 0) is 9.59 Å². The molecule has 0 bridgehead atoms. The summed E-state index contributed by atoms with van der Waals surface area (Å²) in [7, 11) is 1.40. The molecule has 1 aliphatic rings. The van der Waals surface area contributed by atoms with E-state index in [0.717, 1.165) is 17.3 Å². The van der Waals surface area contributed by atoms with Gasteiger partial charge in [0, 0.05) is 12.1 Å². The fraction of sp³-hybridized carbons (Fsp3) is 0.105. The van der Waals surface area contributed by atoms with Crippen LogP contribution >= 0.6 is 23.5 Å². The van der Waals surface area contributed by atoms with Crippen LogP contribution in [0.15, 0.2) is 58.4 Å². The number of hydrogen-bond acceptors (Lipinski definition) is 7. The van der Waals surface area contributed by atoms with Crippen molar-refractivity contribution in [1.82, 2.24) is 0 Å². The SMILES string of the molecule is COc1ccc([N+](=O)[O-])cc1NC(=O)CSC1=NC(=O)/C(=C\c2ccccc2)S1. The highest BCUT2D eigenvalue weighted by Crippen LogP contribution is 2.34. The zero-order chi connectivity index (χ0) is 20.8. The Kier molecular flexibility index (Phi) is 6.68. The Morgan fingerprint density at radius 1 is 1.31 bits per heavy atom. The van der Waals surface area contributed by atoms with Crippen LogP contribution in [0.25, 0.3) is 6.08 Å². The van der Waals surface area contributed by atoms with Gasteiger partial charge < -0.3 is 10.1 Å². The molecule has 2 amide bonds. The molecule has 8 nitrogen and oxygen atoms in total. The fourth-order valence-corrected chi connectivity index (χ4v) is 4.17. The molecule has 0 atom stereocenters. The van der Waals surface area contributed by atoms with Crippen molar-refractivity contribution in [3.63, 3.8) is 0 Å². The Bertz CT molecular complexity index is 1020. The number of methoxy groups -OCH3 is 1. The Morgan fingerprint density at radius 2 is 2.07 bits per heavy atom. The number of hydrogen-bond donors (Lipinski definition) is 1. The number of nitrogens with zero attached hydrogens (tertiary/aromatic N) is 2. The lowest BCUT2D eigenvalue weighted by Crippen LogP contribution is -2.15. The largest absolute Gasteiger partial charge is 0.495 e. The van der Waals surface area contributed by atoms with Crippen molar-refractivity contribution in [2.45, 2.75) is 0 Å². The zero-order valence-electron chi connectivity index (χ0n) is 15.2. The first-order valence-electron chi connectivity index (χ1n) is 8.29. The lowest BCUT2D eigenvalue weighted by Gasteiger charge is -2.09. The van der Waals surface area contributed by atoms with Gasteiger partial charge in [-0.2, -0.15) is 4.99 Å². The number of amides is 2. The average molecular weight is 429 g/mol. The first-order chi connectivity index (χ1) is 14.0. The Labute approximate surface area is 174 Å². The van der Waals surface area contributed by atoms with Crippen LogP contribution in [0.5, 0.6) is 5.75 Å². The molecule has 3 rings (SSSR count). The van der Waals surface area contributed by atoms with E-state index in [1.54, 1.807) is 6.08 Å². The topological polar surface area (TPSA) is 111 Å². The monoisotopic (exact) mass is 429 g/mol. The second kappa shape index (κ2) is 9.39. The number of nitro groups is 1. The van der Waals surface area contributed by atoms with Crippen LogP contribution in [0.4, 0.5) is 11.4 Å². The minimum atomic E-state index is -0.556. The highest BCUT2D eigenvalue weighted by molar-refractivity contribution is 8.41. The van der Waals surface area contributed by atoms with Crippen LogP contribution in [0.2, 0.25) is 0 Å². The number of anilines is 1. The quantitative estimate of drug-likeness (QED) is 0.420. The maximum Gasteiger partial charge on any atom is 0.285 e. The maximum absolute atomic E-state index is 12.3. The van der Waals surface area contributed by atoms with Gasteiger partial charge in [-0.1, -0.05) is 53.9 Å². The predicted octanol–water partition coefficient (Wildman–Crippen LogP) is 3.95. The third-order valence-electron chi connectivity index (χ3n) is 3.69. The number of carbonyl (C=O) groups excluding carboxylic acids is 2. The molecule has 0 radical (unpaired) electrons. The van der Waals surface area contributed by atoms with E-state index in [4.69, 9.17) is 4.74 Å². The van der Waals surface area contributed by atoms with Crippen molar-refractivity contribution < 1.29 is 19.2 Å². The Balaban J connectivity index is 1.60. The predicted molar refractivity (Wildman–Crippen MR) is 115 cm³/mol. The van der Waals surface area contributed by atoms with Gasteiger partial charge in [0.05, 0.1) is 28.4 Å². The van der Waals surface area contributed by atoms with Crippen molar-refractivity contribution in [3.05, 3.63) is 69.1 Å². The fourth-order valence-electron chi connectivity index (χ4n) is 2.37. The summed E-state index contributed by atoms with van der Waals surface area (Å²) in [6.45, 7) is 0. The van der Waals surface area contributed by atoms with Gasteiger partial charge in [0.25, 0.3) is 11.6 Å². The second-order valence-electron chi connectivity index (χ2n) is 5.68. The number of rotatable bonds is 6. The number of nitro benzene ring substituents is 1. The van der Waals surface area contributed by atoms with Crippen LogP contribution in [0.1, 0.15) is 5.56 Å². The molecule has 0 saturated carbocycles.